The van der Waals surface area contributed by atoms with Gasteiger partial charge in [-0.05, 0) is 68.2 Å². The molecule has 1 fully saturated rings. The summed E-state index contributed by atoms with van der Waals surface area (Å²) in [5.74, 6) is -0.725. The number of nitrogen functional groups attached to an aromatic ring is 1. The normalized spacial score (nSPS) is 22.0. The molecule has 1 saturated carbocycles. The standard InChI is InChI=1S/C21H28N2O4S/c1-12-6-15(8-16(22)7-12)19-10-23-20(28-19)18(9-17(25)11-24)13-2-4-14(5-3-13)21(26)27/h6-8,10,13-14,17-18,24-25H,2-5,9,11,22H2,1H3,(H,26,27). The molecule has 2 unspecified atom stereocenters. The zero-order chi connectivity index (χ0) is 20.3. The average molecular weight is 405 g/mol. The molecule has 0 amide bonds. The highest BCUT2D eigenvalue weighted by Crippen LogP contribution is 2.43. The molecule has 28 heavy (non-hydrogen) atoms. The fourth-order valence-electron chi connectivity index (χ4n) is 4.18. The van der Waals surface area contributed by atoms with Crippen molar-refractivity contribution in [3.05, 3.63) is 35.0 Å². The van der Waals surface area contributed by atoms with Gasteiger partial charge in [-0.1, -0.05) is 6.07 Å². The fourth-order valence-corrected chi connectivity index (χ4v) is 5.29. The molecule has 0 aliphatic heterocycles. The van der Waals surface area contributed by atoms with Crippen molar-refractivity contribution in [3.8, 4) is 10.4 Å². The third-order valence-corrected chi connectivity index (χ3v) is 6.83. The minimum absolute atomic E-state index is 0.0119. The number of rotatable bonds is 7. The first-order valence-corrected chi connectivity index (χ1v) is 10.5. The number of carboxylic acids is 1. The number of aliphatic hydroxyl groups excluding tert-OH is 2. The van der Waals surface area contributed by atoms with Crippen LogP contribution in [0.3, 0.4) is 0 Å². The number of carboxylic acid groups (broad SMARTS) is 1. The molecule has 0 spiro atoms. The van der Waals surface area contributed by atoms with Crippen LogP contribution in [-0.2, 0) is 4.79 Å². The number of aliphatic carboxylic acids is 1. The van der Waals surface area contributed by atoms with Crippen molar-refractivity contribution in [1.29, 1.82) is 0 Å². The SMILES string of the molecule is Cc1cc(N)cc(-c2cnc(C(CC(O)CO)C3CCC(C(=O)O)CC3)s2)c1. The molecule has 1 aliphatic carbocycles. The third-order valence-electron chi connectivity index (χ3n) is 5.65. The Balaban J connectivity index is 1.83. The summed E-state index contributed by atoms with van der Waals surface area (Å²) >= 11 is 1.59. The molecule has 0 radical (unpaired) electrons. The highest BCUT2D eigenvalue weighted by atomic mass is 32.1. The largest absolute Gasteiger partial charge is 0.481 e. The van der Waals surface area contributed by atoms with Crippen LogP contribution in [0.15, 0.2) is 24.4 Å². The molecule has 6 nitrogen and oxygen atoms in total. The van der Waals surface area contributed by atoms with Gasteiger partial charge in [0.25, 0.3) is 0 Å². The molecule has 2 aromatic rings. The highest BCUT2D eigenvalue weighted by Gasteiger charge is 2.33. The third kappa shape index (κ3) is 4.90. The van der Waals surface area contributed by atoms with Crippen LogP contribution in [0.4, 0.5) is 5.69 Å². The van der Waals surface area contributed by atoms with E-state index in [1.807, 2.05) is 25.3 Å². The molecule has 1 aromatic heterocycles. The van der Waals surface area contributed by atoms with Crippen molar-refractivity contribution >= 4 is 23.0 Å². The van der Waals surface area contributed by atoms with Crippen LogP contribution in [0.5, 0.6) is 0 Å². The molecule has 0 saturated heterocycles. The predicted octanol–water partition coefficient (Wildman–Crippen LogP) is 3.42. The average Bonchev–Trinajstić information content (AvgIpc) is 3.15. The van der Waals surface area contributed by atoms with Crippen LogP contribution in [0.1, 0.15) is 48.6 Å². The minimum atomic E-state index is -0.802. The lowest BCUT2D eigenvalue weighted by Crippen LogP contribution is -2.27. The van der Waals surface area contributed by atoms with Crippen molar-refractivity contribution in [3.63, 3.8) is 0 Å². The second kappa shape index (κ2) is 9.03. The topological polar surface area (TPSA) is 117 Å². The van der Waals surface area contributed by atoms with Crippen LogP contribution in [0.2, 0.25) is 0 Å². The van der Waals surface area contributed by atoms with Crippen molar-refractivity contribution < 1.29 is 20.1 Å². The lowest BCUT2D eigenvalue weighted by molar-refractivity contribution is -0.143. The number of anilines is 1. The summed E-state index contributed by atoms with van der Waals surface area (Å²) in [5.41, 5.74) is 8.80. The number of hydrogen-bond acceptors (Lipinski definition) is 6. The summed E-state index contributed by atoms with van der Waals surface area (Å²) in [5, 5.41) is 29.6. The van der Waals surface area contributed by atoms with E-state index >= 15 is 0 Å². The number of aromatic nitrogens is 1. The summed E-state index contributed by atoms with van der Waals surface area (Å²) < 4.78 is 0. The Bertz CT molecular complexity index is 794. The van der Waals surface area contributed by atoms with Gasteiger partial charge in [-0.25, -0.2) is 4.98 Å². The Morgan fingerprint density at radius 1 is 1.29 bits per heavy atom. The first-order valence-electron chi connectivity index (χ1n) is 9.72. The summed E-state index contributed by atoms with van der Waals surface area (Å²) in [4.78, 5) is 16.9. The maximum absolute atomic E-state index is 11.2. The van der Waals surface area contributed by atoms with Gasteiger partial charge in [0.1, 0.15) is 0 Å². The number of hydrogen-bond donors (Lipinski definition) is 4. The molecule has 152 valence electrons. The maximum atomic E-state index is 11.2. The van der Waals surface area contributed by atoms with Crippen LogP contribution < -0.4 is 5.73 Å². The van der Waals surface area contributed by atoms with Crippen LogP contribution in [0.25, 0.3) is 10.4 Å². The maximum Gasteiger partial charge on any atom is 0.306 e. The summed E-state index contributed by atoms with van der Waals surface area (Å²) in [6.45, 7) is 1.72. The monoisotopic (exact) mass is 404 g/mol. The van der Waals surface area contributed by atoms with E-state index in [2.05, 4.69) is 11.1 Å². The number of carbonyl (C=O) groups is 1. The number of benzene rings is 1. The second-order valence-electron chi connectivity index (χ2n) is 7.82. The Morgan fingerprint density at radius 3 is 2.61 bits per heavy atom. The zero-order valence-electron chi connectivity index (χ0n) is 16.0. The van der Waals surface area contributed by atoms with Crippen LogP contribution in [-0.4, -0.2) is 39.0 Å². The van der Waals surface area contributed by atoms with Crippen molar-refractivity contribution in [2.24, 2.45) is 11.8 Å². The summed E-state index contributed by atoms with van der Waals surface area (Å²) in [7, 11) is 0. The summed E-state index contributed by atoms with van der Waals surface area (Å²) in [6, 6.07) is 5.93. The van der Waals surface area contributed by atoms with Gasteiger partial charge in [0, 0.05) is 17.8 Å². The van der Waals surface area contributed by atoms with E-state index in [9.17, 15) is 20.1 Å². The molecule has 1 aliphatic rings. The van der Waals surface area contributed by atoms with Gasteiger partial charge < -0.3 is 21.1 Å². The molecule has 5 N–H and O–H groups in total. The lowest BCUT2D eigenvalue weighted by Gasteiger charge is -2.32. The van der Waals surface area contributed by atoms with Crippen molar-refractivity contribution in [1.82, 2.24) is 4.98 Å². The Morgan fingerprint density at radius 2 is 2.00 bits per heavy atom. The van der Waals surface area contributed by atoms with E-state index in [0.29, 0.717) is 24.9 Å². The molecular weight excluding hydrogens is 376 g/mol. The van der Waals surface area contributed by atoms with E-state index < -0.39 is 12.1 Å². The molecule has 3 rings (SSSR count). The van der Waals surface area contributed by atoms with Gasteiger partial charge in [0.05, 0.1) is 28.5 Å². The first-order chi connectivity index (χ1) is 13.4. The number of nitrogens with two attached hydrogens (primary N) is 1. The van der Waals surface area contributed by atoms with E-state index in [4.69, 9.17) is 5.73 Å². The molecular formula is C21H28N2O4S. The van der Waals surface area contributed by atoms with Gasteiger partial charge in [-0.15, -0.1) is 11.3 Å². The molecule has 7 heteroatoms. The second-order valence-corrected chi connectivity index (χ2v) is 8.89. The van der Waals surface area contributed by atoms with Gasteiger partial charge in [-0.3, -0.25) is 4.79 Å². The van der Waals surface area contributed by atoms with Crippen LogP contribution in [0, 0.1) is 18.8 Å². The zero-order valence-corrected chi connectivity index (χ0v) is 16.9. The van der Waals surface area contributed by atoms with E-state index in [0.717, 1.165) is 33.9 Å². The minimum Gasteiger partial charge on any atom is -0.481 e. The Kier molecular flexibility index (Phi) is 6.69. The quantitative estimate of drug-likeness (QED) is 0.526. The van der Waals surface area contributed by atoms with E-state index in [-0.39, 0.29) is 24.4 Å². The number of thiazole rings is 1. The first kappa shape index (κ1) is 20.8. The van der Waals surface area contributed by atoms with Crippen molar-refractivity contribution in [2.75, 3.05) is 12.3 Å². The van der Waals surface area contributed by atoms with Gasteiger partial charge >= 0.3 is 5.97 Å². The smallest absolute Gasteiger partial charge is 0.306 e. The molecule has 1 aromatic carbocycles. The predicted molar refractivity (Wildman–Crippen MR) is 110 cm³/mol. The van der Waals surface area contributed by atoms with Gasteiger partial charge in [0.15, 0.2) is 0 Å². The van der Waals surface area contributed by atoms with Gasteiger partial charge in [-0.2, -0.15) is 0 Å². The number of aliphatic hydroxyl groups is 2. The summed E-state index contributed by atoms with van der Waals surface area (Å²) in [6.07, 6.45) is 4.37. The van der Waals surface area contributed by atoms with Gasteiger partial charge in [0.2, 0.25) is 0 Å². The number of aryl methyl sites for hydroxylation is 1. The van der Waals surface area contributed by atoms with E-state index in [1.54, 1.807) is 11.3 Å². The van der Waals surface area contributed by atoms with Crippen LogP contribution >= 0.6 is 11.3 Å². The Labute approximate surface area is 169 Å². The highest BCUT2D eigenvalue weighted by molar-refractivity contribution is 7.15. The fraction of sp³-hybridized carbons (Fsp3) is 0.524. The number of nitrogens with zero attached hydrogens (tertiary/aromatic N) is 1. The van der Waals surface area contributed by atoms with Crippen molar-refractivity contribution in [2.45, 2.75) is 51.0 Å². The molecule has 0 bridgehead atoms. The molecule has 2 atom stereocenters. The van der Waals surface area contributed by atoms with E-state index in [1.165, 1.54) is 0 Å². The lowest BCUT2D eigenvalue weighted by atomic mass is 9.74. The molecule has 1 heterocycles. The Hall–Kier alpha value is -1.96.